The van der Waals surface area contributed by atoms with Crippen LogP contribution in [-0.2, 0) is 4.79 Å². The lowest BCUT2D eigenvalue weighted by Gasteiger charge is -1.95. The number of rotatable bonds is 2. The van der Waals surface area contributed by atoms with Gasteiger partial charge in [0.15, 0.2) is 5.78 Å². The van der Waals surface area contributed by atoms with Crippen molar-refractivity contribution in [1.29, 1.82) is 0 Å². The average Bonchev–Trinajstić information content (AvgIpc) is 2.55. The molecule has 1 heteroatoms. The standard InChI is InChI=1S/C11H16O/c1-3-9(2)11(12)8-10-6-4-5-7-10/h3,8H,4-7H2,1-2H3/b9-3-. The molecule has 1 nitrogen and oxygen atoms in total. The average molecular weight is 164 g/mol. The molecule has 0 amide bonds. The Hall–Kier alpha value is -0.850. The van der Waals surface area contributed by atoms with Gasteiger partial charge in [0.25, 0.3) is 0 Å². The minimum atomic E-state index is 0.189. The fraction of sp³-hybridized carbons (Fsp3) is 0.545. The van der Waals surface area contributed by atoms with Crippen LogP contribution in [0.25, 0.3) is 0 Å². The zero-order valence-corrected chi connectivity index (χ0v) is 7.89. The van der Waals surface area contributed by atoms with Crippen molar-refractivity contribution in [3.8, 4) is 0 Å². The van der Waals surface area contributed by atoms with Gasteiger partial charge in [0.2, 0.25) is 0 Å². The zero-order chi connectivity index (χ0) is 8.97. The number of hydrogen-bond acceptors (Lipinski definition) is 1. The molecule has 0 aliphatic heterocycles. The maximum Gasteiger partial charge on any atom is 0.181 e. The molecule has 0 heterocycles. The highest BCUT2D eigenvalue weighted by atomic mass is 16.1. The molecule has 0 atom stereocenters. The Morgan fingerprint density at radius 3 is 2.42 bits per heavy atom. The molecule has 0 radical (unpaired) electrons. The van der Waals surface area contributed by atoms with E-state index in [9.17, 15) is 4.79 Å². The van der Waals surface area contributed by atoms with Gasteiger partial charge >= 0.3 is 0 Å². The smallest absolute Gasteiger partial charge is 0.181 e. The lowest BCUT2D eigenvalue weighted by atomic mass is 10.1. The largest absolute Gasteiger partial charge is 0.290 e. The van der Waals surface area contributed by atoms with E-state index in [0.29, 0.717) is 0 Å². The third-order valence-electron chi connectivity index (χ3n) is 2.40. The first-order chi connectivity index (χ1) is 5.74. The van der Waals surface area contributed by atoms with Crippen LogP contribution < -0.4 is 0 Å². The van der Waals surface area contributed by atoms with E-state index < -0.39 is 0 Å². The number of carbonyl (C=O) groups is 1. The predicted octanol–water partition coefficient (Wildman–Crippen LogP) is 3.02. The number of ketones is 1. The summed E-state index contributed by atoms with van der Waals surface area (Å²) in [4.78, 5) is 11.4. The Morgan fingerprint density at radius 2 is 1.92 bits per heavy atom. The fourth-order valence-electron chi connectivity index (χ4n) is 1.41. The molecule has 0 aromatic heterocycles. The van der Waals surface area contributed by atoms with Crippen molar-refractivity contribution in [2.24, 2.45) is 0 Å². The number of carbonyl (C=O) groups excluding carboxylic acids is 1. The van der Waals surface area contributed by atoms with E-state index in [1.165, 1.54) is 18.4 Å². The van der Waals surface area contributed by atoms with E-state index in [4.69, 9.17) is 0 Å². The Labute approximate surface area is 74.2 Å². The Balaban J connectivity index is 2.60. The molecule has 12 heavy (non-hydrogen) atoms. The first kappa shape index (κ1) is 9.24. The molecule has 0 N–H and O–H groups in total. The number of hydrogen-bond donors (Lipinski definition) is 0. The molecule has 1 saturated carbocycles. The van der Waals surface area contributed by atoms with Crippen LogP contribution in [0, 0.1) is 0 Å². The molecule has 0 spiro atoms. The summed E-state index contributed by atoms with van der Waals surface area (Å²) in [6.07, 6.45) is 8.46. The van der Waals surface area contributed by atoms with Crippen LogP contribution in [0.15, 0.2) is 23.3 Å². The lowest BCUT2D eigenvalue weighted by molar-refractivity contribution is -0.111. The predicted molar refractivity (Wildman–Crippen MR) is 51.0 cm³/mol. The second-order valence-corrected chi connectivity index (χ2v) is 3.35. The second kappa shape index (κ2) is 4.24. The van der Waals surface area contributed by atoms with Crippen molar-refractivity contribution in [3.05, 3.63) is 23.3 Å². The van der Waals surface area contributed by atoms with Crippen LogP contribution in [0.5, 0.6) is 0 Å². The van der Waals surface area contributed by atoms with Crippen molar-refractivity contribution in [2.45, 2.75) is 39.5 Å². The molecular weight excluding hydrogens is 148 g/mol. The topological polar surface area (TPSA) is 17.1 Å². The Morgan fingerprint density at radius 1 is 1.33 bits per heavy atom. The third-order valence-corrected chi connectivity index (χ3v) is 2.40. The number of allylic oxidation sites excluding steroid dienone is 4. The first-order valence-corrected chi connectivity index (χ1v) is 4.60. The van der Waals surface area contributed by atoms with Gasteiger partial charge in [-0.3, -0.25) is 4.79 Å². The molecule has 66 valence electrons. The van der Waals surface area contributed by atoms with Crippen LogP contribution >= 0.6 is 0 Å². The summed E-state index contributed by atoms with van der Waals surface area (Å²) >= 11 is 0. The van der Waals surface area contributed by atoms with Gasteiger partial charge in [-0.2, -0.15) is 0 Å². The van der Waals surface area contributed by atoms with Crippen molar-refractivity contribution in [3.63, 3.8) is 0 Å². The van der Waals surface area contributed by atoms with Gasteiger partial charge in [-0.1, -0.05) is 11.6 Å². The summed E-state index contributed by atoms with van der Waals surface area (Å²) in [6.45, 7) is 3.77. The Bertz CT molecular complexity index is 225. The second-order valence-electron chi connectivity index (χ2n) is 3.35. The van der Waals surface area contributed by atoms with Gasteiger partial charge in [0.05, 0.1) is 0 Å². The summed E-state index contributed by atoms with van der Waals surface area (Å²) in [7, 11) is 0. The van der Waals surface area contributed by atoms with E-state index in [1.807, 2.05) is 26.0 Å². The van der Waals surface area contributed by atoms with E-state index in [2.05, 4.69) is 0 Å². The SMILES string of the molecule is C/C=C(/C)C(=O)C=C1CCCC1. The molecule has 1 aliphatic carbocycles. The maximum absolute atomic E-state index is 11.4. The molecule has 1 fully saturated rings. The van der Waals surface area contributed by atoms with Gasteiger partial charge in [0.1, 0.15) is 0 Å². The first-order valence-electron chi connectivity index (χ1n) is 4.60. The quantitative estimate of drug-likeness (QED) is 0.573. The minimum Gasteiger partial charge on any atom is -0.290 e. The highest BCUT2D eigenvalue weighted by Crippen LogP contribution is 2.23. The van der Waals surface area contributed by atoms with Crippen molar-refractivity contribution >= 4 is 5.78 Å². The van der Waals surface area contributed by atoms with Crippen molar-refractivity contribution in [1.82, 2.24) is 0 Å². The molecule has 0 unspecified atom stereocenters. The van der Waals surface area contributed by atoms with Gasteiger partial charge in [-0.25, -0.2) is 0 Å². The normalized spacial score (nSPS) is 18.2. The van der Waals surface area contributed by atoms with Gasteiger partial charge in [-0.15, -0.1) is 0 Å². The van der Waals surface area contributed by atoms with Crippen molar-refractivity contribution < 1.29 is 4.79 Å². The monoisotopic (exact) mass is 164 g/mol. The highest BCUT2D eigenvalue weighted by Gasteiger charge is 2.08. The van der Waals surface area contributed by atoms with Crippen LogP contribution in [-0.4, -0.2) is 5.78 Å². The van der Waals surface area contributed by atoms with Crippen molar-refractivity contribution in [2.75, 3.05) is 0 Å². The van der Waals surface area contributed by atoms with Crippen LogP contribution in [0.4, 0.5) is 0 Å². The van der Waals surface area contributed by atoms with Gasteiger partial charge in [0, 0.05) is 0 Å². The Kier molecular flexibility index (Phi) is 3.27. The van der Waals surface area contributed by atoms with Gasteiger partial charge < -0.3 is 0 Å². The summed E-state index contributed by atoms with van der Waals surface area (Å²) in [5, 5.41) is 0. The summed E-state index contributed by atoms with van der Waals surface area (Å²) < 4.78 is 0. The third kappa shape index (κ3) is 2.33. The summed E-state index contributed by atoms with van der Waals surface area (Å²) in [5.41, 5.74) is 2.19. The summed E-state index contributed by atoms with van der Waals surface area (Å²) in [5.74, 6) is 0.189. The zero-order valence-electron chi connectivity index (χ0n) is 7.89. The minimum absolute atomic E-state index is 0.189. The molecule has 0 aromatic rings. The maximum atomic E-state index is 11.4. The van der Waals surface area contributed by atoms with E-state index in [1.54, 1.807) is 0 Å². The van der Waals surface area contributed by atoms with Crippen LogP contribution in [0.2, 0.25) is 0 Å². The van der Waals surface area contributed by atoms with E-state index >= 15 is 0 Å². The molecular formula is C11H16O. The summed E-state index contributed by atoms with van der Waals surface area (Å²) in [6, 6.07) is 0. The highest BCUT2D eigenvalue weighted by molar-refractivity contribution is 6.03. The van der Waals surface area contributed by atoms with Crippen LogP contribution in [0.1, 0.15) is 39.5 Å². The van der Waals surface area contributed by atoms with Crippen LogP contribution in [0.3, 0.4) is 0 Å². The molecule has 1 aliphatic rings. The molecule has 0 aromatic carbocycles. The fourth-order valence-corrected chi connectivity index (χ4v) is 1.41. The lowest BCUT2D eigenvalue weighted by Crippen LogP contribution is -1.95. The molecule has 0 bridgehead atoms. The van der Waals surface area contributed by atoms with Gasteiger partial charge in [-0.05, 0) is 51.2 Å². The molecule has 1 rings (SSSR count). The van der Waals surface area contributed by atoms with E-state index in [0.717, 1.165) is 18.4 Å². The van der Waals surface area contributed by atoms with E-state index in [-0.39, 0.29) is 5.78 Å². The molecule has 0 saturated heterocycles.